The Morgan fingerprint density at radius 1 is 1.37 bits per heavy atom. The summed E-state index contributed by atoms with van der Waals surface area (Å²) in [6, 6.07) is 0. The Morgan fingerprint density at radius 2 is 2.00 bits per heavy atom. The summed E-state index contributed by atoms with van der Waals surface area (Å²) in [5.41, 5.74) is 0.307. The second-order valence-electron chi connectivity index (χ2n) is 5.57. The number of hydrogen-bond donors (Lipinski definition) is 3. The second kappa shape index (κ2) is 4.88. The third-order valence-electron chi connectivity index (χ3n) is 4.08. The fourth-order valence-electron chi connectivity index (χ4n) is 2.69. The average Bonchev–Trinajstić information content (AvgIpc) is 3.30. The molecule has 0 saturated heterocycles. The fourth-order valence-corrected chi connectivity index (χ4v) is 3.88. The third-order valence-corrected chi connectivity index (χ3v) is 5.52. The Balaban J connectivity index is 1.67. The molecule has 2 aliphatic carbocycles. The molecule has 0 unspecified atom stereocenters. The fraction of sp³-hybridized carbons (Fsp3) is 0.750. The molecule has 1 aromatic rings. The molecule has 7 heteroatoms. The van der Waals surface area contributed by atoms with E-state index in [4.69, 9.17) is 5.11 Å². The summed E-state index contributed by atoms with van der Waals surface area (Å²) in [4.78, 5) is 0. The quantitative estimate of drug-likeness (QED) is 0.684. The topological polar surface area (TPSA) is 95.1 Å². The van der Waals surface area contributed by atoms with Crippen molar-refractivity contribution in [3.63, 3.8) is 0 Å². The van der Waals surface area contributed by atoms with Crippen LogP contribution in [0.5, 0.6) is 0 Å². The number of aromatic amines is 1. The normalized spacial score (nSPS) is 20.1. The van der Waals surface area contributed by atoms with Gasteiger partial charge in [-0.2, -0.15) is 5.10 Å². The van der Waals surface area contributed by atoms with Crippen molar-refractivity contribution in [2.75, 3.05) is 6.54 Å². The van der Waals surface area contributed by atoms with Crippen LogP contribution in [-0.2, 0) is 16.6 Å². The van der Waals surface area contributed by atoms with Crippen LogP contribution in [0.3, 0.4) is 0 Å². The molecule has 0 aliphatic heterocycles. The first kappa shape index (κ1) is 13.1. The van der Waals surface area contributed by atoms with Gasteiger partial charge in [-0.15, -0.1) is 0 Å². The van der Waals surface area contributed by atoms with Crippen LogP contribution < -0.4 is 4.72 Å². The second-order valence-corrected chi connectivity index (χ2v) is 7.28. The van der Waals surface area contributed by atoms with Crippen LogP contribution in [-0.4, -0.2) is 30.3 Å². The van der Waals surface area contributed by atoms with E-state index in [1.165, 1.54) is 31.9 Å². The number of sulfonamides is 1. The highest BCUT2D eigenvalue weighted by Gasteiger charge is 2.41. The van der Waals surface area contributed by atoms with Gasteiger partial charge >= 0.3 is 0 Å². The zero-order valence-electron chi connectivity index (χ0n) is 10.7. The SMILES string of the molecule is O=S(=O)(NCC(C1CC1)C1CC1)c1[nH]ncc1CO. The van der Waals surface area contributed by atoms with Crippen molar-refractivity contribution in [3.05, 3.63) is 11.8 Å². The van der Waals surface area contributed by atoms with Crippen molar-refractivity contribution < 1.29 is 13.5 Å². The molecule has 6 nitrogen and oxygen atoms in total. The van der Waals surface area contributed by atoms with Crippen molar-refractivity contribution in [2.24, 2.45) is 17.8 Å². The first-order chi connectivity index (χ1) is 9.12. The molecule has 2 fully saturated rings. The number of H-pyrrole nitrogens is 1. The number of hydrogen-bond acceptors (Lipinski definition) is 4. The van der Waals surface area contributed by atoms with Crippen LogP contribution in [0, 0.1) is 17.8 Å². The lowest BCUT2D eigenvalue weighted by Crippen LogP contribution is -2.32. The smallest absolute Gasteiger partial charge is 0.257 e. The van der Waals surface area contributed by atoms with E-state index in [0.29, 0.717) is 29.9 Å². The van der Waals surface area contributed by atoms with E-state index < -0.39 is 10.0 Å². The minimum Gasteiger partial charge on any atom is -0.392 e. The standard InChI is InChI=1S/C12H19N3O3S/c16-7-10-5-13-15-12(10)19(17,18)14-6-11(8-1-2-8)9-3-4-9/h5,8-9,11,14,16H,1-4,6-7H2,(H,13,15). The largest absolute Gasteiger partial charge is 0.392 e. The molecular weight excluding hydrogens is 266 g/mol. The first-order valence-corrected chi connectivity index (χ1v) is 8.23. The highest BCUT2D eigenvalue weighted by Crippen LogP contribution is 2.48. The van der Waals surface area contributed by atoms with E-state index in [0.717, 1.165) is 0 Å². The summed E-state index contributed by atoms with van der Waals surface area (Å²) in [5.74, 6) is 1.89. The molecule has 3 rings (SSSR count). The summed E-state index contributed by atoms with van der Waals surface area (Å²) < 4.78 is 27.0. The van der Waals surface area contributed by atoms with Crippen LogP contribution in [0.1, 0.15) is 31.2 Å². The number of rotatable bonds is 7. The first-order valence-electron chi connectivity index (χ1n) is 6.74. The van der Waals surface area contributed by atoms with Gasteiger partial charge in [-0.3, -0.25) is 5.10 Å². The minimum absolute atomic E-state index is 0.0136. The molecule has 19 heavy (non-hydrogen) atoms. The molecule has 0 amide bonds. The van der Waals surface area contributed by atoms with Gasteiger partial charge in [0.15, 0.2) is 5.03 Å². The summed E-state index contributed by atoms with van der Waals surface area (Å²) >= 11 is 0. The Morgan fingerprint density at radius 3 is 2.53 bits per heavy atom. The summed E-state index contributed by atoms with van der Waals surface area (Å²) in [5, 5.41) is 15.2. The van der Waals surface area contributed by atoms with Crippen molar-refractivity contribution in [1.29, 1.82) is 0 Å². The number of aliphatic hydroxyl groups is 1. The van der Waals surface area contributed by atoms with Crippen LogP contribution >= 0.6 is 0 Å². The lowest BCUT2D eigenvalue weighted by atomic mass is 9.99. The molecule has 1 aromatic heterocycles. The Labute approximate surface area is 112 Å². The van der Waals surface area contributed by atoms with Gasteiger partial charge in [0.25, 0.3) is 10.0 Å². The van der Waals surface area contributed by atoms with Crippen molar-refractivity contribution in [1.82, 2.24) is 14.9 Å². The summed E-state index contributed by atoms with van der Waals surface area (Å²) in [6.45, 7) is 0.170. The number of nitrogens with zero attached hydrogens (tertiary/aromatic N) is 1. The van der Waals surface area contributed by atoms with E-state index >= 15 is 0 Å². The van der Waals surface area contributed by atoms with Gasteiger partial charge in [0, 0.05) is 12.1 Å². The predicted molar refractivity (Wildman–Crippen MR) is 68.6 cm³/mol. The lowest BCUT2D eigenvalue weighted by molar-refractivity contribution is 0.278. The molecule has 0 radical (unpaired) electrons. The maximum atomic E-state index is 12.2. The van der Waals surface area contributed by atoms with E-state index in [-0.39, 0.29) is 11.6 Å². The van der Waals surface area contributed by atoms with Crippen molar-refractivity contribution in [2.45, 2.75) is 37.3 Å². The molecular formula is C12H19N3O3S. The number of nitrogens with one attached hydrogen (secondary N) is 2. The van der Waals surface area contributed by atoms with Crippen molar-refractivity contribution in [3.8, 4) is 0 Å². The third kappa shape index (κ3) is 2.82. The maximum Gasteiger partial charge on any atom is 0.257 e. The van der Waals surface area contributed by atoms with Gasteiger partial charge < -0.3 is 5.11 Å². The van der Waals surface area contributed by atoms with Gasteiger partial charge in [0.2, 0.25) is 0 Å². The Bertz CT molecular complexity index is 534. The molecule has 3 N–H and O–H groups in total. The van der Waals surface area contributed by atoms with Gasteiger partial charge in [-0.25, -0.2) is 13.1 Å². The minimum atomic E-state index is -3.59. The summed E-state index contributed by atoms with van der Waals surface area (Å²) in [6.07, 6.45) is 6.27. The van der Waals surface area contributed by atoms with E-state index in [2.05, 4.69) is 14.9 Å². The number of aliphatic hydroxyl groups excluding tert-OH is 1. The zero-order valence-corrected chi connectivity index (χ0v) is 11.5. The van der Waals surface area contributed by atoms with E-state index in [9.17, 15) is 8.42 Å². The van der Waals surface area contributed by atoms with Gasteiger partial charge in [-0.1, -0.05) is 0 Å². The maximum absolute atomic E-state index is 12.2. The molecule has 0 atom stereocenters. The molecule has 0 bridgehead atoms. The van der Waals surface area contributed by atoms with Crippen molar-refractivity contribution >= 4 is 10.0 Å². The molecule has 0 spiro atoms. The Hall–Kier alpha value is -0.920. The molecule has 2 aliphatic rings. The monoisotopic (exact) mass is 285 g/mol. The van der Waals surface area contributed by atoms with Gasteiger partial charge in [0.1, 0.15) is 0 Å². The zero-order chi connectivity index (χ0) is 13.5. The van der Waals surface area contributed by atoms with Crippen LogP contribution in [0.25, 0.3) is 0 Å². The van der Waals surface area contributed by atoms with Gasteiger partial charge in [-0.05, 0) is 43.4 Å². The van der Waals surface area contributed by atoms with E-state index in [1.54, 1.807) is 0 Å². The molecule has 1 heterocycles. The van der Waals surface area contributed by atoms with Gasteiger partial charge in [0.05, 0.1) is 12.8 Å². The van der Waals surface area contributed by atoms with Crippen LogP contribution in [0.2, 0.25) is 0 Å². The molecule has 0 aromatic carbocycles. The predicted octanol–water partition coefficient (Wildman–Crippen LogP) is 0.616. The Kier molecular flexibility index (Phi) is 3.36. The molecule has 106 valence electrons. The highest BCUT2D eigenvalue weighted by atomic mass is 32.2. The summed E-state index contributed by atoms with van der Waals surface area (Å²) in [7, 11) is -3.59. The lowest BCUT2D eigenvalue weighted by Gasteiger charge is -2.16. The van der Waals surface area contributed by atoms with Crippen LogP contribution in [0.15, 0.2) is 11.2 Å². The van der Waals surface area contributed by atoms with E-state index in [1.807, 2.05) is 0 Å². The highest BCUT2D eigenvalue weighted by molar-refractivity contribution is 7.89. The average molecular weight is 285 g/mol. The van der Waals surface area contributed by atoms with Crippen LogP contribution in [0.4, 0.5) is 0 Å². The molecule has 2 saturated carbocycles. The number of aromatic nitrogens is 2.